The number of aryl methyl sites for hydroxylation is 3. The Labute approximate surface area is 153 Å². The van der Waals surface area contributed by atoms with Crippen molar-refractivity contribution in [3.05, 3.63) is 62.6 Å². The molecule has 0 fully saturated rings. The minimum Gasteiger partial charge on any atom is -0.358 e. The second-order valence-electron chi connectivity index (χ2n) is 6.81. The second-order valence-corrected chi connectivity index (χ2v) is 7.89. The number of ketones is 1. The maximum absolute atomic E-state index is 13.0. The van der Waals surface area contributed by atoms with E-state index in [0.717, 1.165) is 46.3 Å². The molecular weight excluding hydrogens is 346 g/mol. The fourth-order valence-electron chi connectivity index (χ4n) is 4.00. The van der Waals surface area contributed by atoms with E-state index in [1.54, 1.807) is 11.3 Å². The Balaban J connectivity index is 1.59. The average Bonchev–Trinajstić information content (AvgIpc) is 3.28. The topological polar surface area (TPSA) is 67.8 Å². The van der Waals surface area contributed by atoms with Crippen LogP contribution in [0.5, 0.6) is 0 Å². The van der Waals surface area contributed by atoms with Crippen LogP contribution in [0.2, 0.25) is 0 Å². The van der Waals surface area contributed by atoms with Gasteiger partial charge in [0.1, 0.15) is 4.83 Å². The summed E-state index contributed by atoms with van der Waals surface area (Å²) >= 11 is 1.62. The van der Waals surface area contributed by atoms with Crippen molar-refractivity contribution in [1.29, 1.82) is 0 Å². The normalized spacial score (nSPS) is 13.6. The summed E-state index contributed by atoms with van der Waals surface area (Å²) in [5.41, 5.74) is 3.47. The monoisotopic (exact) mass is 363 g/mol. The zero-order chi connectivity index (χ0) is 17.8. The van der Waals surface area contributed by atoms with Gasteiger partial charge in [-0.15, -0.1) is 11.3 Å². The highest BCUT2D eigenvalue weighted by Gasteiger charge is 2.22. The number of nitrogens with zero attached hydrogens (tertiary/aromatic N) is 2. The first-order chi connectivity index (χ1) is 12.6. The molecule has 0 spiro atoms. The number of benzene rings is 1. The van der Waals surface area contributed by atoms with E-state index in [9.17, 15) is 9.59 Å². The largest absolute Gasteiger partial charge is 0.358 e. The molecule has 0 atom stereocenters. The summed E-state index contributed by atoms with van der Waals surface area (Å²) in [4.78, 5) is 35.7. The predicted octanol–water partition coefficient (Wildman–Crippen LogP) is 3.62. The zero-order valence-electron chi connectivity index (χ0n) is 14.3. The molecule has 0 saturated carbocycles. The molecule has 0 radical (unpaired) electrons. The average molecular weight is 363 g/mol. The highest BCUT2D eigenvalue weighted by molar-refractivity contribution is 7.18. The first-order valence-corrected chi connectivity index (χ1v) is 9.55. The van der Waals surface area contributed by atoms with Crippen molar-refractivity contribution in [2.24, 2.45) is 0 Å². The van der Waals surface area contributed by atoms with Crippen LogP contribution in [0.4, 0.5) is 0 Å². The lowest BCUT2D eigenvalue weighted by Gasteiger charge is -2.06. The lowest BCUT2D eigenvalue weighted by molar-refractivity contribution is 0.0971. The molecule has 130 valence electrons. The molecule has 3 aromatic heterocycles. The van der Waals surface area contributed by atoms with Gasteiger partial charge in [-0.25, -0.2) is 4.98 Å². The third-order valence-electron chi connectivity index (χ3n) is 5.18. The van der Waals surface area contributed by atoms with Gasteiger partial charge in [0.2, 0.25) is 0 Å². The van der Waals surface area contributed by atoms with E-state index in [2.05, 4.69) is 9.97 Å². The highest BCUT2D eigenvalue weighted by Crippen LogP contribution is 2.34. The van der Waals surface area contributed by atoms with Crippen LogP contribution in [0, 0.1) is 6.92 Å². The number of H-pyrrole nitrogens is 1. The molecule has 4 aromatic rings. The number of aromatic nitrogens is 3. The SMILES string of the molecule is Cc1[nH]c2ccccc2c1C(=O)Cn1cnc2sc3c(c2c1=O)CCC3. The molecule has 1 aromatic carbocycles. The van der Waals surface area contributed by atoms with Gasteiger partial charge < -0.3 is 4.98 Å². The van der Waals surface area contributed by atoms with Crippen LogP contribution >= 0.6 is 11.3 Å². The van der Waals surface area contributed by atoms with Crippen LogP contribution in [0.3, 0.4) is 0 Å². The number of Topliss-reactive ketones (excluding diaryl/α,β-unsaturated/α-hetero) is 1. The Kier molecular flexibility index (Phi) is 3.37. The summed E-state index contributed by atoms with van der Waals surface area (Å²) in [6, 6.07) is 7.74. The van der Waals surface area contributed by atoms with E-state index >= 15 is 0 Å². The molecule has 0 amide bonds. The number of para-hydroxylation sites is 1. The third kappa shape index (κ3) is 2.18. The molecular formula is C20H17N3O2S. The van der Waals surface area contributed by atoms with Crippen molar-refractivity contribution in [2.75, 3.05) is 0 Å². The minimum atomic E-state index is -0.0970. The van der Waals surface area contributed by atoms with Gasteiger partial charge in [-0.1, -0.05) is 18.2 Å². The first kappa shape index (κ1) is 15.5. The van der Waals surface area contributed by atoms with Gasteiger partial charge in [0.05, 0.1) is 18.3 Å². The third-order valence-corrected chi connectivity index (χ3v) is 6.38. The summed E-state index contributed by atoms with van der Waals surface area (Å²) in [5.74, 6) is -0.0740. The maximum atomic E-state index is 13.0. The van der Waals surface area contributed by atoms with E-state index in [0.29, 0.717) is 10.9 Å². The number of thiophene rings is 1. The van der Waals surface area contributed by atoms with Gasteiger partial charge in [0, 0.05) is 27.0 Å². The molecule has 0 unspecified atom stereocenters. The number of rotatable bonds is 3. The molecule has 0 saturated heterocycles. The number of carbonyl (C=O) groups excluding carboxylic acids is 1. The smallest absolute Gasteiger partial charge is 0.262 e. The minimum absolute atomic E-state index is 0.00901. The first-order valence-electron chi connectivity index (χ1n) is 8.73. The molecule has 5 nitrogen and oxygen atoms in total. The quantitative estimate of drug-likeness (QED) is 0.565. The highest BCUT2D eigenvalue weighted by atomic mass is 32.1. The van der Waals surface area contributed by atoms with Crippen molar-refractivity contribution >= 4 is 38.2 Å². The Hall–Kier alpha value is -2.73. The van der Waals surface area contributed by atoms with Crippen LogP contribution in [-0.2, 0) is 19.4 Å². The van der Waals surface area contributed by atoms with Gasteiger partial charge in [0.15, 0.2) is 5.78 Å². The van der Waals surface area contributed by atoms with Crippen LogP contribution in [0.15, 0.2) is 35.4 Å². The molecule has 0 bridgehead atoms. The van der Waals surface area contributed by atoms with Crippen LogP contribution in [0.1, 0.15) is 32.9 Å². The molecule has 3 heterocycles. The van der Waals surface area contributed by atoms with E-state index in [1.165, 1.54) is 15.8 Å². The predicted molar refractivity (Wildman–Crippen MR) is 103 cm³/mol. The van der Waals surface area contributed by atoms with E-state index < -0.39 is 0 Å². The second kappa shape index (κ2) is 5.64. The number of hydrogen-bond donors (Lipinski definition) is 1. The molecule has 5 rings (SSSR count). The standard InChI is InChI=1S/C20H17N3O2S/c1-11-17(12-5-2-3-7-14(12)22-11)15(24)9-23-10-21-19-18(20(23)25)13-6-4-8-16(13)26-19/h2-3,5,7,10,22H,4,6,8-9H2,1H3. The summed E-state index contributed by atoms with van der Waals surface area (Å²) in [6.07, 6.45) is 4.58. The number of carbonyl (C=O) groups is 1. The lowest BCUT2D eigenvalue weighted by atomic mass is 10.1. The molecule has 1 aliphatic rings. The number of nitrogens with one attached hydrogen (secondary N) is 1. The van der Waals surface area contributed by atoms with Gasteiger partial charge in [0.25, 0.3) is 5.56 Å². The van der Waals surface area contributed by atoms with Crippen LogP contribution in [-0.4, -0.2) is 20.3 Å². The Morgan fingerprint density at radius 2 is 2.15 bits per heavy atom. The molecule has 6 heteroatoms. The Morgan fingerprint density at radius 1 is 1.31 bits per heavy atom. The lowest BCUT2D eigenvalue weighted by Crippen LogP contribution is -2.25. The summed E-state index contributed by atoms with van der Waals surface area (Å²) in [7, 11) is 0. The van der Waals surface area contributed by atoms with Gasteiger partial charge in [-0.05, 0) is 37.8 Å². The van der Waals surface area contributed by atoms with Crippen LogP contribution in [0.25, 0.3) is 21.1 Å². The van der Waals surface area contributed by atoms with Crippen LogP contribution < -0.4 is 5.56 Å². The Bertz CT molecular complexity index is 1250. The van der Waals surface area contributed by atoms with Crippen molar-refractivity contribution in [1.82, 2.24) is 14.5 Å². The fourth-order valence-corrected chi connectivity index (χ4v) is 5.22. The summed E-state index contributed by atoms with van der Waals surface area (Å²) in [5, 5.41) is 1.61. The number of fused-ring (bicyclic) bond motifs is 4. The van der Waals surface area contributed by atoms with Crippen molar-refractivity contribution in [2.45, 2.75) is 32.7 Å². The van der Waals surface area contributed by atoms with E-state index in [4.69, 9.17) is 0 Å². The fraction of sp³-hybridized carbons (Fsp3) is 0.250. The molecule has 1 aliphatic carbocycles. The van der Waals surface area contributed by atoms with Crippen molar-refractivity contribution < 1.29 is 4.79 Å². The number of hydrogen-bond acceptors (Lipinski definition) is 4. The van der Waals surface area contributed by atoms with Gasteiger partial charge in [-0.2, -0.15) is 0 Å². The van der Waals surface area contributed by atoms with Gasteiger partial charge >= 0.3 is 0 Å². The Morgan fingerprint density at radius 3 is 3.04 bits per heavy atom. The molecule has 1 N–H and O–H groups in total. The summed E-state index contributed by atoms with van der Waals surface area (Å²) < 4.78 is 1.46. The number of aromatic amines is 1. The molecule has 26 heavy (non-hydrogen) atoms. The van der Waals surface area contributed by atoms with Gasteiger partial charge in [-0.3, -0.25) is 14.2 Å². The van der Waals surface area contributed by atoms with Crippen molar-refractivity contribution in [3.8, 4) is 0 Å². The van der Waals surface area contributed by atoms with E-state index in [-0.39, 0.29) is 17.9 Å². The molecule has 0 aliphatic heterocycles. The summed E-state index contributed by atoms with van der Waals surface area (Å²) in [6.45, 7) is 1.90. The van der Waals surface area contributed by atoms with Crippen molar-refractivity contribution in [3.63, 3.8) is 0 Å². The van der Waals surface area contributed by atoms with E-state index in [1.807, 2.05) is 31.2 Å². The zero-order valence-corrected chi connectivity index (χ0v) is 15.2. The maximum Gasteiger partial charge on any atom is 0.262 e.